The van der Waals surface area contributed by atoms with Crippen molar-refractivity contribution in [3.63, 3.8) is 0 Å². The molecule has 0 bridgehead atoms. The molecule has 0 aliphatic rings. The minimum absolute atomic E-state index is 0.0756. The van der Waals surface area contributed by atoms with Crippen LogP contribution in [0.5, 0.6) is 5.75 Å². The van der Waals surface area contributed by atoms with E-state index >= 15 is 0 Å². The van der Waals surface area contributed by atoms with Crippen LogP contribution in [0.25, 0.3) is 0 Å². The number of hydrogen-bond acceptors (Lipinski definition) is 3. The van der Waals surface area contributed by atoms with Gasteiger partial charge < -0.3 is 14.8 Å². The third kappa shape index (κ3) is 5.07. The maximum Gasteiger partial charge on any atom is 0.119 e. The summed E-state index contributed by atoms with van der Waals surface area (Å²) in [7, 11) is 1.69. The fourth-order valence-corrected chi connectivity index (χ4v) is 1.82. The number of ether oxygens (including phenoxy) is 2. The molecule has 0 fully saturated rings. The van der Waals surface area contributed by atoms with Gasteiger partial charge in [0.15, 0.2) is 0 Å². The van der Waals surface area contributed by atoms with Crippen LogP contribution >= 0.6 is 0 Å². The fraction of sp³-hybridized carbons (Fsp3) is 0.600. The van der Waals surface area contributed by atoms with Crippen molar-refractivity contribution < 1.29 is 9.47 Å². The van der Waals surface area contributed by atoms with Crippen molar-refractivity contribution in [1.29, 1.82) is 0 Å². The molecule has 1 atom stereocenters. The van der Waals surface area contributed by atoms with E-state index < -0.39 is 0 Å². The van der Waals surface area contributed by atoms with Gasteiger partial charge in [-0.1, -0.05) is 19.1 Å². The van der Waals surface area contributed by atoms with E-state index in [0.717, 1.165) is 30.8 Å². The molecule has 0 aliphatic heterocycles. The molecular formula is C15H25NO2. The Morgan fingerprint density at radius 1 is 1.28 bits per heavy atom. The Kier molecular flexibility index (Phi) is 6.76. The van der Waals surface area contributed by atoms with E-state index in [1.54, 1.807) is 7.11 Å². The molecule has 0 amide bonds. The van der Waals surface area contributed by atoms with Crippen molar-refractivity contribution in [3.8, 4) is 5.75 Å². The molecular weight excluding hydrogens is 226 g/mol. The Morgan fingerprint density at radius 2 is 2.06 bits per heavy atom. The molecule has 1 unspecified atom stereocenters. The van der Waals surface area contributed by atoms with Gasteiger partial charge in [0.2, 0.25) is 0 Å². The largest absolute Gasteiger partial charge is 0.497 e. The molecule has 0 radical (unpaired) electrons. The van der Waals surface area contributed by atoms with Gasteiger partial charge in [-0.25, -0.2) is 0 Å². The van der Waals surface area contributed by atoms with E-state index in [1.807, 2.05) is 18.2 Å². The molecule has 1 rings (SSSR count). The predicted molar refractivity (Wildman–Crippen MR) is 75.1 cm³/mol. The number of rotatable bonds is 8. The number of benzene rings is 1. The highest BCUT2D eigenvalue weighted by atomic mass is 16.5. The van der Waals surface area contributed by atoms with E-state index in [1.165, 1.54) is 0 Å². The van der Waals surface area contributed by atoms with E-state index in [4.69, 9.17) is 9.47 Å². The fourth-order valence-electron chi connectivity index (χ4n) is 1.82. The third-order valence-electron chi connectivity index (χ3n) is 2.66. The molecule has 0 saturated carbocycles. The van der Waals surface area contributed by atoms with E-state index in [9.17, 15) is 0 Å². The van der Waals surface area contributed by atoms with Crippen molar-refractivity contribution in [1.82, 2.24) is 5.32 Å². The molecule has 102 valence electrons. The van der Waals surface area contributed by atoms with Crippen LogP contribution in [0.3, 0.4) is 0 Å². The molecule has 1 N–H and O–H groups in total. The summed E-state index contributed by atoms with van der Waals surface area (Å²) < 4.78 is 11.2. The van der Waals surface area contributed by atoms with Crippen LogP contribution < -0.4 is 10.1 Å². The lowest BCUT2D eigenvalue weighted by molar-refractivity contribution is 0.00714. The standard InChI is InChI=1S/C15H25NO2/c1-5-9-16-11-15(18-12(2)3)13-7-6-8-14(10-13)17-4/h6-8,10,12,15-16H,5,9,11H2,1-4H3. The van der Waals surface area contributed by atoms with Crippen molar-refractivity contribution in [2.75, 3.05) is 20.2 Å². The van der Waals surface area contributed by atoms with E-state index in [0.29, 0.717) is 0 Å². The molecule has 3 nitrogen and oxygen atoms in total. The molecule has 0 aromatic heterocycles. The van der Waals surface area contributed by atoms with Gasteiger partial charge in [-0.05, 0) is 44.5 Å². The number of nitrogens with one attached hydrogen (secondary N) is 1. The third-order valence-corrected chi connectivity index (χ3v) is 2.66. The van der Waals surface area contributed by atoms with Crippen LogP contribution in [-0.4, -0.2) is 26.3 Å². The summed E-state index contributed by atoms with van der Waals surface area (Å²) in [5, 5.41) is 3.41. The molecule has 3 heteroatoms. The first-order chi connectivity index (χ1) is 8.67. The summed E-state index contributed by atoms with van der Waals surface area (Å²) in [6.07, 6.45) is 1.42. The van der Waals surface area contributed by atoms with Gasteiger partial charge in [0.1, 0.15) is 5.75 Å². The van der Waals surface area contributed by atoms with Crippen molar-refractivity contribution in [2.45, 2.75) is 39.4 Å². The first kappa shape index (κ1) is 15.0. The van der Waals surface area contributed by atoms with Crippen molar-refractivity contribution >= 4 is 0 Å². The zero-order chi connectivity index (χ0) is 13.4. The van der Waals surface area contributed by atoms with Gasteiger partial charge in [-0.15, -0.1) is 0 Å². The van der Waals surface area contributed by atoms with Gasteiger partial charge in [0.25, 0.3) is 0 Å². The minimum Gasteiger partial charge on any atom is -0.497 e. The second-order valence-electron chi connectivity index (χ2n) is 4.65. The average Bonchev–Trinajstić information content (AvgIpc) is 2.37. The summed E-state index contributed by atoms with van der Waals surface area (Å²) in [5.74, 6) is 0.875. The highest BCUT2D eigenvalue weighted by Gasteiger charge is 2.14. The zero-order valence-corrected chi connectivity index (χ0v) is 11.9. The van der Waals surface area contributed by atoms with Crippen LogP contribution in [0, 0.1) is 0 Å². The molecule has 0 spiro atoms. The Labute approximate surface area is 110 Å². The molecule has 0 saturated heterocycles. The van der Waals surface area contributed by atoms with Gasteiger partial charge in [0, 0.05) is 6.54 Å². The second kappa shape index (κ2) is 8.11. The van der Waals surface area contributed by atoms with Crippen LogP contribution in [-0.2, 0) is 4.74 Å². The highest BCUT2D eigenvalue weighted by molar-refractivity contribution is 5.30. The van der Waals surface area contributed by atoms with E-state index in [-0.39, 0.29) is 12.2 Å². The van der Waals surface area contributed by atoms with Crippen LogP contribution in [0.2, 0.25) is 0 Å². The first-order valence-electron chi connectivity index (χ1n) is 6.67. The smallest absolute Gasteiger partial charge is 0.119 e. The summed E-state index contributed by atoms with van der Waals surface area (Å²) in [4.78, 5) is 0. The van der Waals surface area contributed by atoms with Gasteiger partial charge >= 0.3 is 0 Å². The Morgan fingerprint density at radius 3 is 2.67 bits per heavy atom. The SMILES string of the molecule is CCCNCC(OC(C)C)c1cccc(OC)c1. The summed E-state index contributed by atoms with van der Waals surface area (Å²) in [6, 6.07) is 8.09. The number of methoxy groups -OCH3 is 1. The van der Waals surface area contributed by atoms with Crippen LogP contribution in [0.1, 0.15) is 38.9 Å². The Bertz CT molecular complexity index is 339. The number of hydrogen-bond donors (Lipinski definition) is 1. The summed E-state index contributed by atoms with van der Waals surface area (Å²) in [5.41, 5.74) is 1.16. The summed E-state index contributed by atoms with van der Waals surface area (Å²) in [6.45, 7) is 8.14. The molecule has 1 aromatic carbocycles. The molecule has 0 heterocycles. The van der Waals surface area contributed by atoms with Crippen LogP contribution in [0.15, 0.2) is 24.3 Å². The average molecular weight is 251 g/mol. The minimum atomic E-state index is 0.0756. The lowest BCUT2D eigenvalue weighted by atomic mass is 10.1. The van der Waals surface area contributed by atoms with Crippen LogP contribution in [0.4, 0.5) is 0 Å². The van der Waals surface area contributed by atoms with Crippen molar-refractivity contribution in [3.05, 3.63) is 29.8 Å². The Hall–Kier alpha value is -1.06. The van der Waals surface area contributed by atoms with Crippen molar-refractivity contribution in [2.24, 2.45) is 0 Å². The second-order valence-corrected chi connectivity index (χ2v) is 4.65. The molecule has 0 aliphatic carbocycles. The maximum absolute atomic E-state index is 5.96. The first-order valence-corrected chi connectivity index (χ1v) is 6.67. The zero-order valence-electron chi connectivity index (χ0n) is 11.9. The lowest BCUT2D eigenvalue weighted by Gasteiger charge is -2.21. The monoisotopic (exact) mass is 251 g/mol. The maximum atomic E-state index is 5.96. The van der Waals surface area contributed by atoms with Gasteiger partial charge in [0.05, 0.1) is 19.3 Å². The normalized spacial score (nSPS) is 12.7. The molecule has 18 heavy (non-hydrogen) atoms. The molecule has 1 aromatic rings. The predicted octanol–water partition coefficient (Wildman–Crippen LogP) is 3.16. The van der Waals surface area contributed by atoms with Gasteiger partial charge in [-0.3, -0.25) is 0 Å². The highest BCUT2D eigenvalue weighted by Crippen LogP contribution is 2.22. The lowest BCUT2D eigenvalue weighted by Crippen LogP contribution is -2.25. The quantitative estimate of drug-likeness (QED) is 0.720. The van der Waals surface area contributed by atoms with E-state index in [2.05, 4.69) is 32.2 Å². The van der Waals surface area contributed by atoms with Gasteiger partial charge in [-0.2, -0.15) is 0 Å². The summed E-state index contributed by atoms with van der Waals surface area (Å²) >= 11 is 0. The Balaban J connectivity index is 2.72. The topological polar surface area (TPSA) is 30.5 Å².